The molecule has 31 heavy (non-hydrogen) atoms. The van der Waals surface area contributed by atoms with Crippen LogP contribution in [0.4, 0.5) is 10.5 Å². The van der Waals surface area contributed by atoms with E-state index in [-0.39, 0.29) is 6.09 Å². The van der Waals surface area contributed by atoms with Gasteiger partial charge in [-0.1, -0.05) is 6.42 Å². The highest BCUT2D eigenvalue weighted by molar-refractivity contribution is 5.81. The van der Waals surface area contributed by atoms with E-state index in [0.29, 0.717) is 13.1 Å². The van der Waals surface area contributed by atoms with E-state index in [0.717, 1.165) is 50.7 Å². The third-order valence-electron chi connectivity index (χ3n) is 6.93. The van der Waals surface area contributed by atoms with Crippen molar-refractivity contribution in [3.63, 3.8) is 0 Å². The van der Waals surface area contributed by atoms with Crippen molar-refractivity contribution in [1.29, 1.82) is 0 Å². The molecule has 5 rings (SSSR count). The fraction of sp³-hybridized carbons (Fsp3) is 0.667. The first-order chi connectivity index (χ1) is 14.9. The Bertz CT molecular complexity index is 951. The van der Waals surface area contributed by atoms with Crippen LogP contribution in [-0.2, 0) is 17.7 Å². The SMILES string of the molecule is CC(C)(C)OC(=O)N1CCN(c2ccc3c(c2)nc2n3CCN(C3CCC3)CC2)CC1. The number of aromatic nitrogens is 2. The Balaban J connectivity index is 1.25. The lowest BCUT2D eigenvalue weighted by Gasteiger charge is -2.37. The van der Waals surface area contributed by atoms with Crippen LogP contribution in [0.1, 0.15) is 45.9 Å². The second kappa shape index (κ2) is 8.01. The third-order valence-corrected chi connectivity index (χ3v) is 6.93. The molecule has 1 saturated heterocycles. The van der Waals surface area contributed by atoms with Crippen LogP contribution in [0.5, 0.6) is 0 Å². The van der Waals surface area contributed by atoms with Gasteiger partial charge in [0.15, 0.2) is 0 Å². The number of nitrogens with zero attached hydrogens (tertiary/aromatic N) is 5. The molecule has 1 aromatic heterocycles. The average Bonchev–Trinajstić information content (AvgIpc) is 2.91. The first-order valence-electron chi connectivity index (χ1n) is 11.8. The second-order valence-corrected chi connectivity index (χ2v) is 10.2. The lowest BCUT2D eigenvalue weighted by molar-refractivity contribution is 0.0240. The maximum absolute atomic E-state index is 12.3. The Labute approximate surface area is 184 Å². The van der Waals surface area contributed by atoms with E-state index in [9.17, 15) is 4.79 Å². The van der Waals surface area contributed by atoms with E-state index in [4.69, 9.17) is 9.72 Å². The summed E-state index contributed by atoms with van der Waals surface area (Å²) in [7, 11) is 0. The van der Waals surface area contributed by atoms with Crippen molar-refractivity contribution >= 4 is 22.8 Å². The van der Waals surface area contributed by atoms with Gasteiger partial charge in [0.25, 0.3) is 0 Å². The van der Waals surface area contributed by atoms with Crippen LogP contribution in [0.25, 0.3) is 11.0 Å². The zero-order chi connectivity index (χ0) is 21.6. The largest absolute Gasteiger partial charge is 0.444 e. The molecule has 0 N–H and O–H groups in total. The summed E-state index contributed by atoms with van der Waals surface area (Å²) in [5.41, 5.74) is 3.09. The number of anilines is 1. The van der Waals surface area contributed by atoms with Crippen LogP contribution in [-0.4, -0.2) is 76.4 Å². The lowest BCUT2D eigenvalue weighted by atomic mass is 9.91. The van der Waals surface area contributed by atoms with Crippen molar-refractivity contribution in [2.45, 2.75) is 64.6 Å². The predicted molar refractivity (Wildman–Crippen MR) is 123 cm³/mol. The van der Waals surface area contributed by atoms with Crippen molar-refractivity contribution < 1.29 is 9.53 Å². The maximum Gasteiger partial charge on any atom is 0.410 e. The van der Waals surface area contributed by atoms with E-state index in [1.54, 1.807) is 0 Å². The number of carbonyl (C=O) groups excluding carboxylic acids is 1. The van der Waals surface area contributed by atoms with E-state index in [1.165, 1.54) is 36.3 Å². The first kappa shape index (κ1) is 20.6. The minimum atomic E-state index is -0.451. The first-order valence-corrected chi connectivity index (χ1v) is 11.8. The summed E-state index contributed by atoms with van der Waals surface area (Å²) >= 11 is 0. The molecule has 2 aromatic rings. The Morgan fingerprint density at radius 1 is 1.03 bits per heavy atom. The van der Waals surface area contributed by atoms with E-state index < -0.39 is 5.60 Å². The van der Waals surface area contributed by atoms with Gasteiger partial charge >= 0.3 is 6.09 Å². The molecule has 0 atom stereocenters. The molecule has 7 heteroatoms. The summed E-state index contributed by atoms with van der Waals surface area (Å²) in [5, 5.41) is 0. The molecule has 3 aliphatic rings. The minimum Gasteiger partial charge on any atom is -0.444 e. The van der Waals surface area contributed by atoms with Crippen LogP contribution in [0.15, 0.2) is 18.2 Å². The van der Waals surface area contributed by atoms with Crippen molar-refractivity contribution in [3.05, 3.63) is 24.0 Å². The molecule has 2 fully saturated rings. The number of hydrogen-bond donors (Lipinski definition) is 0. The van der Waals surface area contributed by atoms with Crippen molar-refractivity contribution in [3.8, 4) is 0 Å². The maximum atomic E-state index is 12.3. The molecular formula is C24H35N5O2. The molecule has 2 aliphatic heterocycles. The highest BCUT2D eigenvalue weighted by atomic mass is 16.6. The zero-order valence-electron chi connectivity index (χ0n) is 19.1. The van der Waals surface area contributed by atoms with Gasteiger partial charge in [-0.15, -0.1) is 0 Å². The molecule has 0 unspecified atom stereocenters. The van der Waals surface area contributed by atoms with E-state index in [2.05, 4.69) is 32.6 Å². The number of piperazine rings is 1. The summed E-state index contributed by atoms with van der Waals surface area (Å²) in [6.07, 6.45) is 4.95. The number of benzene rings is 1. The molecule has 1 aromatic carbocycles. The van der Waals surface area contributed by atoms with Gasteiger partial charge in [0, 0.05) is 64.0 Å². The predicted octanol–water partition coefficient (Wildman–Crippen LogP) is 3.50. The Kier molecular flexibility index (Phi) is 5.32. The second-order valence-electron chi connectivity index (χ2n) is 10.2. The molecule has 0 radical (unpaired) electrons. The normalized spacial score (nSPS) is 21.0. The quantitative estimate of drug-likeness (QED) is 0.737. The van der Waals surface area contributed by atoms with Gasteiger partial charge in [-0.25, -0.2) is 9.78 Å². The fourth-order valence-electron chi connectivity index (χ4n) is 4.98. The molecule has 1 saturated carbocycles. The van der Waals surface area contributed by atoms with Crippen LogP contribution in [0, 0.1) is 0 Å². The van der Waals surface area contributed by atoms with Gasteiger partial charge in [0.2, 0.25) is 0 Å². The number of imidazole rings is 1. The number of hydrogen-bond acceptors (Lipinski definition) is 5. The van der Waals surface area contributed by atoms with Crippen molar-refractivity contribution in [2.24, 2.45) is 0 Å². The lowest BCUT2D eigenvalue weighted by Crippen LogP contribution is -2.50. The summed E-state index contributed by atoms with van der Waals surface area (Å²) in [5.74, 6) is 1.23. The molecule has 0 bridgehead atoms. The Morgan fingerprint density at radius 2 is 1.81 bits per heavy atom. The molecular weight excluding hydrogens is 390 g/mol. The van der Waals surface area contributed by atoms with Gasteiger partial charge in [-0.2, -0.15) is 0 Å². The molecule has 7 nitrogen and oxygen atoms in total. The fourth-order valence-corrected chi connectivity index (χ4v) is 4.98. The Hall–Kier alpha value is -2.28. The van der Waals surface area contributed by atoms with E-state index >= 15 is 0 Å². The number of carbonyl (C=O) groups is 1. The van der Waals surface area contributed by atoms with Crippen LogP contribution >= 0.6 is 0 Å². The average molecular weight is 426 g/mol. The zero-order valence-corrected chi connectivity index (χ0v) is 19.1. The summed E-state index contributed by atoms with van der Waals surface area (Å²) in [6.45, 7) is 12.0. The van der Waals surface area contributed by atoms with Crippen LogP contribution in [0.2, 0.25) is 0 Å². The van der Waals surface area contributed by atoms with Gasteiger partial charge in [-0.05, 0) is 51.8 Å². The van der Waals surface area contributed by atoms with Crippen LogP contribution < -0.4 is 4.90 Å². The molecule has 0 spiro atoms. The van der Waals surface area contributed by atoms with Gasteiger partial charge in [-0.3, -0.25) is 4.90 Å². The minimum absolute atomic E-state index is 0.212. The highest BCUT2D eigenvalue weighted by Crippen LogP contribution is 2.29. The molecule has 1 amide bonds. The number of ether oxygens (including phenoxy) is 1. The van der Waals surface area contributed by atoms with Gasteiger partial charge in [0.1, 0.15) is 11.4 Å². The molecule has 1 aliphatic carbocycles. The van der Waals surface area contributed by atoms with Crippen LogP contribution in [0.3, 0.4) is 0 Å². The summed E-state index contributed by atoms with van der Waals surface area (Å²) < 4.78 is 7.95. The topological polar surface area (TPSA) is 53.8 Å². The monoisotopic (exact) mass is 425 g/mol. The van der Waals surface area contributed by atoms with E-state index in [1.807, 2.05) is 25.7 Å². The highest BCUT2D eigenvalue weighted by Gasteiger charge is 2.28. The summed E-state index contributed by atoms with van der Waals surface area (Å²) in [4.78, 5) is 24.2. The number of rotatable bonds is 2. The third kappa shape index (κ3) is 4.25. The van der Waals surface area contributed by atoms with Crippen molar-refractivity contribution in [1.82, 2.24) is 19.4 Å². The number of amides is 1. The van der Waals surface area contributed by atoms with Gasteiger partial charge < -0.3 is 19.1 Å². The Morgan fingerprint density at radius 3 is 2.48 bits per heavy atom. The molecule has 3 heterocycles. The molecule has 168 valence electrons. The van der Waals surface area contributed by atoms with Gasteiger partial charge in [0.05, 0.1) is 11.0 Å². The summed E-state index contributed by atoms with van der Waals surface area (Å²) in [6, 6.07) is 7.49. The van der Waals surface area contributed by atoms with Crippen molar-refractivity contribution in [2.75, 3.05) is 44.2 Å². The smallest absolute Gasteiger partial charge is 0.410 e. The number of fused-ring (bicyclic) bond motifs is 3. The standard InChI is InChI=1S/C24H35N5O2/c1-24(2,3)31-23(30)28-13-11-27(12-14-28)19-7-8-21-20(17-19)25-22-9-10-26(15-16-29(21)22)18-5-4-6-18/h7-8,17-18H,4-6,9-16H2,1-3H3.